The van der Waals surface area contributed by atoms with Crippen molar-refractivity contribution in [3.05, 3.63) is 34.3 Å². The van der Waals surface area contributed by atoms with E-state index < -0.39 is 5.60 Å². The van der Waals surface area contributed by atoms with Gasteiger partial charge in [0, 0.05) is 18.0 Å². The summed E-state index contributed by atoms with van der Waals surface area (Å²) in [6.45, 7) is 0.424. The van der Waals surface area contributed by atoms with Crippen LogP contribution in [0.1, 0.15) is 18.4 Å². The Morgan fingerprint density at radius 3 is 2.50 bits per heavy atom. The molecule has 1 saturated carbocycles. The van der Waals surface area contributed by atoms with Crippen LogP contribution in [0.4, 0.5) is 0 Å². The number of benzene rings is 1. The summed E-state index contributed by atoms with van der Waals surface area (Å²) in [5.41, 5.74) is 0.484. The summed E-state index contributed by atoms with van der Waals surface area (Å²) in [6.07, 6.45) is 2.92. The predicted molar refractivity (Wildman–Crippen MR) is 67.4 cm³/mol. The Labute approximate surface area is 105 Å². The van der Waals surface area contributed by atoms with E-state index in [0.29, 0.717) is 18.9 Å². The molecule has 3 heteroatoms. The predicted octanol–water partition coefficient (Wildman–Crippen LogP) is 2.78. The second-order valence-electron chi connectivity index (χ2n) is 4.61. The Bertz CT molecular complexity index is 345. The minimum absolute atomic E-state index is 0.413. The Morgan fingerprint density at radius 2 is 2.00 bits per heavy atom. The lowest BCUT2D eigenvalue weighted by atomic mass is 9.90. The molecular formula is C13H17BrO2. The summed E-state index contributed by atoms with van der Waals surface area (Å²) >= 11 is 3.41. The summed E-state index contributed by atoms with van der Waals surface area (Å²) < 4.78 is 6.21. The van der Waals surface area contributed by atoms with Gasteiger partial charge in [-0.1, -0.05) is 28.1 Å². The van der Waals surface area contributed by atoms with E-state index >= 15 is 0 Å². The van der Waals surface area contributed by atoms with E-state index in [1.807, 2.05) is 24.3 Å². The van der Waals surface area contributed by atoms with E-state index in [2.05, 4.69) is 15.9 Å². The quantitative estimate of drug-likeness (QED) is 0.901. The summed E-state index contributed by atoms with van der Waals surface area (Å²) in [5, 5.41) is 10.5. The van der Waals surface area contributed by atoms with Gasteiger partial charge in [0.15, 0.2) is 0 Å². The number of rotatable bonds is 5. The number of methoxy groups -OCH3 is 1. The fourth-order valence-electron chi connectivity index (χ4n) is 2.14. The molecule has 1 fully saturated rings. The third-order valence-corrected chi connectivity index (χ3v) is 3.68. The molecule has 0 bridgehead atoms. The van der Waals surface area contributed by atoms with E-state index in [4.69, 9.17) is 4.74 Å². The standard InChI is InChI=1S/C13H17BrO2/c1-16-9-13(15,11-4-5-11)8-10-2-6-12(14)7-3-10/h2-3,6-7,11,15H,4-5,8-9H2,1H3. The van der Waals surface area contributed by atoms with Crippen molar-refractivity contribution in [1.29, 1.82) is 0 Å². The van der Waals surface area contributed by atoms with E-state index in [9.17, 15) is 5.11 Å². The van der Waals surface area contributed by atoms with Crippen LogP contribution in [0, 0.1) is 5.92 Å². The molecule has 1 unspecified atom stereocenters. The van der Waals surface area contributed by atoms with Crippen LogP contribution < -0.4 is 0 Å². The second kappa shape index (κ2) is 4.86. The Hall–Kier alpha value is -0.380. The monoisotopic (exact) mass is 284 g/mol. The van der Waals surface area contributed by atoms with E-state index in [-0.39, 0.29) is 0 Å². The van der Waals surface area contributed by atoms with Gasteiger partial charge in [-0.3, -0.25) is 0 Å². The highest BCUT2D eigenvalue weighted by atomic mass is 79.9. The van der Waals surface area contributed by atoms with Gasteiger partial charge in [-0.2, -0.15) is 0 Å². The Kier molecular flexibility index (Phi) is 3.67. The molecule has 0 spiro atoms. The number of hydrogen-bond acceptors (Lipinski definition) is 2. The fraction of sp³-hybridized carbons (Fsp3) is 0.538. The van der Waals surface area contributed by atoms with Crippen molar-refractivity contribution in [2.75, 3.05) is 13.7 Å². The van der Waals surface area contributed by atoms with E-state index in [0.717, 1.165) is 22.9 Å². The maximum atomic E-state index is 10.5. The number of halogens is 1. The molecule has 16 heavy (non-hydrogen) atoms. The number of hydrogen-bond donors (Lipinski definition) is 1. The zero-order valence-electron chi connectivity index (χ0n) is 9.45. The molecule has 1 aliphatic rings. The zero-order valence-corrected chi connectivity index (χ0v) is 11.0. The molecule has 0 aromatic heterocycles. The highest BCUT2D eigenvalue weighted by molar-refractivity contribution is 9.10. The van der Waals surface area contributed by atoms with Crippen LogP contribution in [-0.2, 0) is 11.2 Å². The first-order chi connectivity index (χ1) is 7.64. The molecule has 0 radical (unpaired) electrons. The van der Waals surface area contributed by atoms with Crippen molar-refractivity contribution in [1.82, 2.24) is 0 Å². The maximum Gasteiger partial charge on any atom is 0.0947 e. The zero-order chi connectivity index (χ0) is 11.6. The SMILES string of the molecule is COCC(O)(Cc1ccc(Br)cc1)C1CC1. The van der Waals surface area contributed by atoms with Gasteiger partial charge in [-0.25, -0.2) is 0 Å². The third kappa shape index (κ3) is 2.84. The van der Waals surface area contributed by atoms with Crippen LogP contribution in [0.5, 0.6) is 0 Å². The van der Waals surface area contributed by atoms with Gasteiger partial charge in [0.25, 0.3) is 0 Å². The van der Waals surface area contributed by atoms with Gasteiger partial charge in [0.05, 0.1) is 12.2 Å². The van der Waals surface area contributed by atoms with Crippen LogP contribution in [0.2, 0.25) is 0 Å². The molecule has 1 aliphatic carbocycles. The van der Waals surface area contributed by atoms with Gasteiger partial charge in [-0.05, 0) is 36.5 Å². The van der Waals surface area contributed by atoms with Crippen molar-refractivity contribution in [2.45, 2.75) is 24.9 Å². The first-order valence-electron chi connectivity index (χ1n) is 5.60. The molecular weight excluding hydrogens is 268 g/mol. The van der Waals surface area contributed by atoms with Crippen LogP contribution in [-0.4, -0.2) is 24.4 Å². The third-order valence-electron chi connectivity index (χ3n) is 3.16. The van der Waals surface area contributed by atoms with Crippen molar-refractivity contribution in [3.63, 3.8) is 0 Å². The van der Waals surface area contributed by atoms with Gasteiger partial charge >= 0.3 is 0 Å². The molecule has 0 amide bonds. The van der Waals surface area contributed by atoms with Crippen LogP contribution >= 0.6 is 15.9 Å². The summed E-state index contributed by atoms with van der Waals surface area (Å²) in [5.74, 6) is 0.413. The van der Waals surface area contributed by atoms with Crippen molar-refractivity contribution < 1.29 is 9.84 Å². The highest BCUT2D eigenvalue weighted by Crippen LogP contribution is 2.41. The molecule has 88 valence electrons. The Morgan fingerprint density at radius 1 is 1.38 bits per heavy atom. The maximum absolute atomic E-state index is 10.5. The summed E-state index contributed by atoms with van der Waals surface area (Å²) in [4.78, 5) is 0. The van der Waals surface area contributed by atoms with Crippen LogP contribution in [0.3, 0.4) is 0 Å². The normalized spacial score (nSPS) is 19.4. The fourth-order valence-corrected chi connectivity index (χ4v) is 2.40. The lowest BCUT2D eigenvalue weighted by Crippen LogP contribution is -2.39. The summed E-state index contributed by atoms with van der Waals surface area (Å²) in [7, 11) is 1.65. The number of aliphatic hydroxyl groups is 1. The first-order valence-corrected chi connectivity index (χ1v) is 6.39. The molecule has 0 heterocycles. The second-order valence-corrected chi connectivity index (χ2v) is 5.53. The average molecular weight is 285 g/mol. The molecule has 1 aromatic carbocycles. The number of ether oxygens (including phenoxy) is 1. The minimum Gasteiger partial charge on any atom is -0.387 e. The van der Waals surface area contributed by atoms with E-state index in [1.165, 1.54) is 0 Å². The van der Waals surface area contributed by atoms with Crippen LogP contribution in [0.15, 0.2) is 28.7 Å². The van der Waals surface area contributed by atoms with E-state index in [1.54, 1.807) is 7.11 Å². The van der Waals surface area contributed by atoms with Gasteiger partial charge < -0.3 is 9.84 Å². The first kappa shape index (κ1) is 12.1. The molecule has 2 nitrogen and oxygen atoms in total. The van der Waals surface area contributed by atoms with Gasteiger partial charge in [-0.15, -0.1) is 0 Å². The van der Waals surface area contributed by atoms with Crippen molar-refractivity contribution in [3.8, 4) is 0 Å². The van der Waals surface area contributed by atoms with Crippen LogP contribution in [0.25, 0.3) is 0 Å². The minimum atomic E-state index is -0.678. The van der Waals surface area contributed by atoms with Crippen molar-refractivity contribution in [2.24, 2.45) is 5.92 Å². The smallest absolute Gasteiger partial charge is 0.0947 e. The van der Waals surface area contributed by atoms with Gasteiger partial charge in [0.2, 0.25) is 0 Å². The molecule has 2 rings (SSSR count). The van der Waals surface area contributed by atoms with Gasteiger partial charge in [0.1, 0.15) is 0 Å². The summed E-state index contributed by atoms with van der Waals surface area (Å²) in [6, 6.07) is 8.12. The van der Waals surface area contributed by atoms with Crippen molar-refractivity contribution >= 4 is 15.9 Å². The molecule has 1 N–H and O–H groups in total. The molecule has 0 aliphatic heterocycles. The lowest BCUT2D eigenvalue weighted by molar-refractivity contribution is -0.0474. The topological polar surface area (TPSA) is 29.5 Å². The molecule has 0 saturated heterocycles. The molecule has 1 aromatic rings. The Balaban J connectivity index is 2.07. The molecule has 1 atom stereocenters. The highest BCUT2D eigenvalue weighted by Gasteiger charge is 2.43. The largest absolute Gasteiger partial charge is 0.387 e. The lowest BCUT2D eigenvalue weighted by Gasteiger charge is -2.27. The average Bonchev–Trinajstić information content (AvgIpc) is 3.05.